The standard InChI is InChI=1S/C16H16N2O4/c1-21-15(19)14-7-13(8-17-10-14)9-18-16(20)22-11-12-5-3-2-4-6-12/h2-8,10H,9,11H2,1H3,(H,18,20). The maximum Gasteiger partial charge on any atom is 0.407 e. The van der Waals surface area contributed by atoms with Gasteiger partial charge in [0.15, 0.2) is 0 Å². The van der Waals surface area contributed by atoms with Gasteiger partial charge in [-0.05, 0) is 17.2 Å². The Balaban J connectivity index is 1.82. The highest BCUT2D eigenvalue weighted by molar-refractivity contribution is 5.89. The van der Waals surface area contributed by atoms with Crippen LogP contribution in [0.3, 0.4) is 0 Å². The Morgan fingerprint density at radius 3 is 2.64 bits per heavy atom. The number of carbonyl (C=O) groups excluding carboxylic acids is 2. The molecule has 0 aliphatic carbocycles. The van der Waals surface area contributed by atoms with Crippen molar-refractivity contribution in [1.29, 1.82) is 0 Å². The van der Waals surface area contributed by atoms with Crippen molar-refractivity contribution in [3.8, 4) is 0 Å². The van der Waals surface area contributed by atoms with Crippen LogP contribution >= 0.6 is 0 Å². The molecule has 0 aliphatic heterocycles. The Bertz CT molecular complexity index is 644. The highest BCUT2D eigenvalue weighted by Gasteiger charge is 2.08. The zero-order chi connectivity index (χ0) is 15.8. The van der Waals surface area contributed by atoms with Crippen LogP contribution in [0.5, 0.6) is 0 Å². The van der Waals surface area contributed by atoms with Gasteiger partial charge in [0.25, 0.3) is 0 Å². The van der Waals surface area contributed by atoms with Crippen LogP contribution in [0, 0.1) is 0 Å². The number of aromatic nitrogens is 1. The number of nitrogens with zero attached hydrogens (tertiary/aromatic N) is 1. The highest BCUT2D eigenvalue weighted by atomic mass is 16.5. The third-order valence-electron chi connectivity index (χ3n) is 2.87. The summed E-state index contributed by atoms with van der Waals surface area (Å²) < 4.78 is 9.70. The number of pyridine rings is 1. The number of hydrogen-bond acceptors (Lipinski definition) is 5. The molecule has 1 aromatic carbocycles. The van der Waals surface area contributed by atoms with Gasteiger partial charge >= 0.3 is 12.1 Å². The fourth-order valence-corrected chi connectivity index (χ4v) is 1.76. The van der Waals surface area contributed by atoms with Crippen molar-refractivity contribution >= 4 is 12.1 Å². The molecule has 6 heteroatoms. The summed E-state index contributed by atoms with van der Waals surface area (Å²) in [6.45, 7) is 0.415. The van der Waals surface area contributed by atoms with Gasteiger partial charge in [0.05, 0.1) is 12.7 Å². The number of benzene rings is 1. The predicted octanol–water partition coefficient (Wildman–Crippen LogP) is 2.29. The van der Waals surface area contributed by atoms with E-state index in [0.717, 1.165) is 5.56 Å². The van der Waals surface area contributed by atoms with Crippen LogP contribution in [0.15, 0.2) is 48.8 Å². The lowest BCUT2D eigenvalue weighted by molar-refractivity contribution is 0.0600. The minimum absolute atomic E-state index is 0.202. The normalized spacial score (nSPS) is 9.86. The molecule has 22 heavy (non-hydrogen) atoms. The van der Waals surface area contributed by atoms with E-state index in [9.17, 15) is 9.59 Å². The Morgan fingerprint density at radius 1 is 1.14 bits per heavy atom. The SMILES string of the molecule is COC(=O)c1cncc(CNC(=O)OCc2ccccc2)c1. The smallest absolute Gasteiger partial charge is 0.407 e. The number of alkyl carbamates (subject to hydrolysis) is 1. The molecule has 1 heterocycles. The highest BCUT2D eigenvalue weighted by Crippen LogP contribution is 2.05. The van der Waals surface area contributed by atoms with E-state index in [0.29, 0.717) is 11.1 Å². The van der Waals surface area contributed by atoms with Gasteiger partial charge in [0.1, 0.15) is 6.61 Å². The fourth-order valence-electron chi connectivity index (χ4n) is 1.76. The van der Waals surface area contributed by atoms with Gasteiger partial charge in [-0.1, -0.05) is 30.3 Å². The molecule has 0 saturated heterocycles. The summed E-state index contributed by atoms with van der Waals surface area (Å²) in [6, 6.07) is 11.0. The molecule has 1 aromatic heterocycles. The molecular weight excluding hydrogens is 284 g/mol. The van der Waals surface area contributed by atoms with Gasteiger partial charge in [0.2, 0.25) is 0 Å². The average Bonchev–Trinajstić information content (AvgIpc) is 2.58. The van der Waals surface area contributed by atoms with E-state index in [-0.39, 0.29) is 13.2 Å². The molecule has 6 nitrogen and oxygen atoms in total. The van der Waals surface area contributed by atoms with Crippen LogP contribution in [0.1, 0.15) is 21.5 Å². The van der Waals surface area contributed by atoms with Crippen LogP contribution in [0.25, 0.3) is 0 Å². The van der Waals surface area contributed by atoms with Crippen LogP contribution in [0.4, 0.5) is 4.79 Å². The second-order valence-electron chi connectivity index (χ2n) is 4.49. The maximum absolute atomic E-state index is 11.6. The van der Waals surface area contributed by atoms with E-state index >= 15 is 0 Å². The molecule has 0 spiro atoms. The third kappa shape index (κ3) is 4.59. The Hall–Kier alpha value is -2.89. The van der Waals surface area contributed by atoms with Crippen LogP contribution in [0.2, 0.25) is 0 Å². The third-order valence-corrected chi connectivity index (χ3v) is 2.87. The van der Waals surface area contributed by atoms with Crippen molar-refractivity contribution in [3.05, 3.63) is 65.5 Å². The van der Waals surface area contributed by atoms with Crippen LogP contribution in [-0.4, -0.2) is 24.2 Å². The van der Waals surface area contributed by atoms with Gasteiger partial charge in [-0.25, -0.2) is 9.59 Å². The number of nitrogens with one attached hydrogen (secondary N) is 1. The number of amides is 1. The monoisotopic (exact) mass is 300 g/mol. The van der Waals surface area contributed by atoms with Crippen molar-refractivity contribution in [2.24, 2.45) is 0 Å². The van der Waals surface area contributed by atoms with Crippen molar-refractivity contribution in [2.75, 3.05) is 7.11 Å². The Kier molecular flexibility index (Phi) is 5.48. The summed E-state index contributed by atoms with van der Waals surface area (Å²) in [6.07, 6.45) is 2.43. The van der Waals surface area contributed by atoms with Gasteiger partial charge in [-0.3, -0.25) is 4.98 Å². The van der Waals surface area contributed by atoms with Crippen LogP contribution < -0.4 is 5.32 Å². The quantitative estimate of drug-likeness (QED) is 0.857. The fraction of sp³-hybridized carbons (Fsp3) is 0.188. The molecule has 0 saturated carbocycles. The summed E-state index contributed by atoms with van der Waals surface area (Å²) in [7, 11) is 1.30. The van der Waals surface area contributed by atoms with Crippen molar-refractivity contribution in [3.63, 3.8) is 0 Å². The van der Waals surface area contributed by atoms with Gasteiger partial charge in [0, 0.05) is 18.9 Å². The summed E-state index contributed by atoms with van der Waals surface area (Å²) in [5.74, 6) is -0.471. The predicted molar refractivity (Wildman–Crippen MR) is 79.0 cm³/mol. The molecule has 0 aliphatic rings. The van der Waals surface area contributed by atoms with E-state index in [1.54, 1.807) is 12.3 Å². The van der Waals surface area contributed by atoms with E-state index < -0.39 is 12.1 Å². The average molecular weight is 300 g/mol. The molecule has 0 bridgehead atoms. The maximum atomic E-state index is 11.6. The molecule has 1 N–H and O–H groups in total. The second kappa shape index (κ2) is 7.78. The first-order chi connectivity index (χ1) is 10.7. The van der Waals surface area contributed by atoms with Crippen LogP contribution in [-0.2, 0) is 22.6 Å². The van der Waals surface area contributed by atoms with E-state index in [1.165, 1.54) is 13.3 Å². The molecule has 1 amide bonds. The lowest BCUT2D eigenvalue weighted by Gasteiger charge is -2.07. The number of methoxy groups -OCH3 is 1. The first kappa shape index (κ1) is 15.5. The number of rotatable bonds is 5. The largest absolute Gasteiger partial charge is 0.465 e. The first-order valence-corrected chi connectivity index (χ1v) is 6.66. The summed E-state index contributed by atoms with van der Waals surface area (Å²) in [5, 5.41) is 2.60. The molecule has 0 unspecified atom stereocenters. The molecule has 0 atom stereocenters. The number of ether oxygens (including phenoxy) is 2. The lowest BCUT2D eigenvalue weighted by atomic mass is 10.2. The summed E-state index contributed by atoms with van der Waals surface area (Å²) in [5.41, 5.74) is 1.92. The van der Waals surface area contributed by atoms with Gasteiger partial charge in [-0.2, -0.15) is 0 Å². The van der Waals surface area contributed by atoms with Crippen molar-refractivity contribution in [1.82, 2.24) is 10.3 Å². The van der Waals surface area contributed by atoms with E-state index in [2.05, 4.69) is 15.0 Å². The molecule has 2 rings (SSSR count). The minimum atomic E-state index is -0.535. The molecule has 0 fully saturated rings. The molecular formula is C16H16N2O4. The van der Waals surface area contributed by atoms with Crippen molar-refractivity contribution < 1.29 is 19.1 Å². The summed E-state index contributed by atoms with van der Waals surface area (Å²) >= 11 is 0. The topological polar surface area (TPSA) is 77.5 Å². The number of hydrogen-bond donors (Lipinski definition) is 1. The first-order valence-electron chi connectivity index (χ1n) is 6.66. The lowest BCUT2D eigenvalue weighted by Crippen LogP contribution is -2.23. The zero-order valence-corrected chi connectivity index (χ0v) is 12.1. The van der Waals surface area contributed by atoms with Gasteiger partial charge in [-0.15, -0.1) is 0 Å². The number of esters is 1. The van der Waals surface area contributed by atoms with Crippen molar-refractivity contribution in [2.45, 2.75) is 13.2 Å². The Labute approximate surface area is 128 Å². The van der Waals surface area contributed by atoms with E-state index in [4.69, 9.17) is 4.74 Å². The second-order valence-corrected chi connectivity index (χ2v) is 4.49. The summed E-state index contributed by atoms with van der Waals surface area (Å²) in [4.78, 5) is 26.9. The zero-order valence-electron chi connectivity index (χ0n) is 12.1. The number of carbonyl (C=O) groups is 2. The molecule has 2 aromatic rings. The Morgan fingerprint density at radius 2 is 1.91 bits per heavy atom. The van der Waals surface area contributed by atoms with E-state index in [1.807, 2.05) is 30.3 Å². The van der Waals surface area contributed by atoms with Gasteiger partial charge < -0.3 is 14.8 Å². The molecule has 0 radical (unpaired) electrons. The molecule has 114 valence electrons. The minimum Gasteiger partial charge on any atom is -0.465 e.